The molecule has 0 aromatic rings. The van der Waals surface area contributed by atoms with Gasteiger partial charge in [-0.05, 0) is 12.8 Å². The molecule has 0 unspecified atom stereocenters. The molecule has 0 aliphatic carbocycles. The zero-order chi connectivity index (χ0) is 12.5. The summed E-state index contributed by atoms with van der Waals surface area (Å²) in [4.78, 5) is 10.3. The van der Waals surface area contributed by atoms with Crippen molar-refractivity contribution < 1.29 is 4.79 Å². The first-order chi connectivity index (χ1) is 6.81. The molecule has 0 spiro atoms. The lowest BCUT2D eigenvalue weighted by Gasteiger charge is -2.16. The van der Waals surface area contributed by atoms with Crippen LogP contribution in [0, 0.1) is 5.41 Å². The number of aldehydes is 1. The first kappa shape index (κ1) is 17.0. The molecule has 15 heavy (non-hydrogen) atoms. The minimum absolute atomic E-state index is 0.0556. The maximum absolute atomic E-state index is 10.3. The van der Waals surface area contributed by atoms with Crippen molar-refractivity contribution in [1.82, 2.24) is 5.32 Å². The summed E-state index contributed by atoms with van der Waals surface area (Å²) < 4.78 is 0. The van der Waals surface area contributed by atoms with Crippen molar-refractivity contribution in [3.05, 3.63) is 0 Å². The van der Waals surface area contributed by atoms with Crippen LogP contribution in [0.4, 0.5) is 0 Å². The van der Waals surface area contributed by atoms with E-state index in [1.54, 1.807) is 0 Å². The highest BCUT2D eigenvalue weighted by atomic mass is 16.1. The van der Waals surface area contributed by atoms with Crippen LogP contribution in [0.25, 0.3) is 0 Å². The molecule has 1 N–H and O–H groups in total. The van der Waals surface area contributed by atoms with Gasteiger partial charge in [0, 0.05) is 17.5 Å². The molecule has 0 radical (unpaired) electrons. The largest absolute Gasteiger partial charge is 0.312 e. The third-order valence-corrected chi connectivity index (χ3v) is 2.57. The second kappa shape index (κ2) is 8.90. The van der Waals surface area contributed by atoms with Gasteiger partial charge in [0.05, 0.1) is 0 Å². The molecule has 0 saturated carbocycles. The summed E-state index contributed by atoms with van der Waals surface area (Å²) >= 11 is 0. The molecule has 0 atom stereocenters. The normalized spacial score (nSPS) is 11.3. The predicted molar refractivity (Wildman–Crippen MR) is 68.2 cm³/mol. The summed E-state index contributed by atoms with van der Waals surface area (Å²) in [6.07, 6.45) is 2.95. The number of hydrogen-bond acceptors (Lipinski definition) is 2. The first-order valence-electron chi connectivity index (χ1n) is 6.03. The van der Waals surface area contributed by atoms with Crippen molar-refractivity contribution in [3.8, 4) is 0 Å². The zero-order valence-corrected chi connectivity index (χ0v) is 11.6. The van der Waals surface area contributed by atoms with Crippen LogP contribution in [0.15, 0.2) is 0 Å². The third-order valence-electron chi connectivity index (χ3n) is 2.57. The van der Waals surface area contributed by atoms with Crippen LogP contribution >= 0.6 is 0 Å². The van der Waals surface area contributed by atoms with Gasteiger partial charge in [-0.15, -0.1) is 0 Å². The molecule has 0 aliphatic heterocycles. The molecule has 2 heteroatoms. The Morgan fingerprint density at radius 2 is 1.40 bits per heavy atom. The van der Waals surface area contributed by atoms with Gasteiger partial charge in [0.15, 0.2) is 0 Å². The molecular formula is C13H29NO. The lowest BCUT2D eigenvalue weighted by molar-refractivity contribution is -0.115. The molecule has 0 bridgehead atoms. The Balaban J connectivity index is 0. The van der Waals surface area contributed by atoms with Crippen molar-refractivity contribution in [2.45, 2.75) is 73.4 Å². The van der Waals surface area contributed by atoms with E-state index >= 15 is 0 Å². The Morgan fingerprint density at radius 3 is 1.40 bits per heavy atom. The maximum Gasteiger partial charge on any atom is 0.125 e. The van der Waals surface area contributed by atoms with E-state index in [9.17, 15) is 4.79 Å². The molecule has 0 rings (SSSR count). The van der Waals surface area contributed by atoms with Gasteiger partial charge < -0.3 is 10.1 Å². The molecule has 0 heterocycles. The number of carbonyl (C=O) groups excluding carboxylic acids is 1. The summed E-state index contributed by atoms with van der Waals surface area (Å²) in [5.74, 6) is 0. The van der Waals surface area contributed by atoms with Crippen LogP contribution in [0.5, 0.6) is 0 Å². The number of rotatable bonds is 5. The highest BCUT2D eigenvalue weighted by Gasteiger charge is 2.16. The van der Waals surface area contributed by atoms with Crippen molar-refractivity contribution in [3.63, 3.8) is 0 Å². The maximum atomic E-state index is 10.3. The molecule has 0 fully saturated rings. The van der Waals surface area contributed by atoms with Gasteiger partial charge in [-0.2, -0.15) is 0 Å². The Kier molecular flexibility index (Phi) is 10.1. The van der Waals surface area contributed by atoms with Gasteiger partial charge in [-0.3, -0.25) is 0 Å². The van der Waals surface area contributed by atoms with Crippen LogP contribution in [0.1, 0.15) is 61.3 Å². The summed E-state index contributed by atoms with van der Waals surface area (Å²) in [6, 6.07) is 1.25. The predicted octanol–water partition coefficient (Wildman–Crippen LogP) is 3.40. The van der Waals surface area contributed by atoms with E-state index in [1.165, 1.54) is 0 Å². The van der Waals surface area contributed by atoms with Crippen LogP contribution in [0.3, 0.4) is 0 Å². The van der Waals surface area contributed by atoms with Gasteiger partial charge >= 0.3 is 0 Å². The highest BCUT2D eigenvalue weighted by molar-refractivity contribution is 5.58. The highest BCUT2D eigenvalue weighted by Crippen LogP contribution is 2.20. The van der Waals surface area contributed by atoms with Gasteiger partial charge in [0.2, 0.25) is 0 Å². The third kappa shape index (κ3) is 11.6. The number of nitrogens with one attached hydrogen (secondary N) is 1. The fourth-order valence-corrected chi connectivity index (χ4v) is 1.08. The van der Waals surface area contributed by atoms with Crippen LogP contribution in [-0.2, 0) is 4.79 Å². The Morgan fingerprint density at radius 1 is 1.07 bits per heavy atom. The fourth-order valence-electron chi connectivity index (χ4n) is 1.08. The molecular weight excluding hydrogens is 186 g/mol. The standard InChI is InChI=1S/C7H14O.C6H15N/c1-4-7(3,5-2)6-8;1-5(2)7-6(3)4/h6H,4-5H2,1-3H3;5-7H,1-4H3. The van der Waals surface area contributed by atoms with E-state index in [2.05, 4.69) is 33.0 Å². The quantitative estimate of drug-likeness (QED) is 0.712. The molecule has 0 saturated heterocycles. The molecule has 92 valence electrons. The lowest BCUT2D eigenvalue weighted by Crippen LogP contribution is -2.29. The molecule has 0 aromatic carbocycles. The SMILES string of the molecule is CC(C)NC(C)C.CCC(C)(C=O)CC. The summed E-state index contributed by atoms with van der Waals surface area (Å²) in [5.41, 5.74) is -0.0556. The monoisotopic (exact) mass is 215 g/mol. The Labute approximate surface area is 95.8 Å². The number of hydrogen-bond donors (Lipinski definition) is 1. The fraction of sp³-hybridized carbons (Fsp3) is 0.923. The first-order valence-corrected chi connectivity index (χ1v) is 6.03. The van der Waals surface area contributed by atoms with Gasteiger partial charge in [0.1, 0.15) is 6.29 Å². The van der Waals surface area contributed by atoms with Crippen molar-refractivity contribution >= 4 is 6.29 Å². The molecule has 0 aliphatic rings. The average Bonchev–Trinajstić information content (AvgIpc) is 2.15. The molecule has 0 amide bonds. The summed E-state index contributed by atoms with van der Waals surface area (Å²) in [5, 5.41) is 3.31. The average molecular weight is 215 g/mol. The van der Waals surface area contributed by atoms with Gasteiger partial charge in [-0.25, -0.2) is 0 Å². The second-order valence-corrected chi connectivity index (χ2v) is 4.96. The summed E-state index contributed by atoms with van der Waals surface area (Å²) in [7, 11) is 0. The minimum atomic E-state index is -0.0556. The van der Waals surface area contributed by atoms with Crippen LogP contribution in [0.2, 0.25) is 0 Å². The van der Waals surface area contributed by atoms with E-state index in [4.69, 9.17) is 0 Å². The Hall–Kier alpha value is -0.370. The topological polar surface area (TPSA) is 29.1 Å². The van der Waals surface area contributed by atoms with Gasteiger partial charge in [-0.1, -0.05) is 48.5 Å². The van der Waals surface area contributed by atoms with E-state index in [-0.39, 0.29) is 5.41 Å². The molecule has 2 nitrogen and oxygen atoms in total. The van der Waals surface area contributed by atoms with E-state index in [1.807, 2.05) is 20.8 Å². The zero-order valence-electron chi connectivity index (χ0n) is 11.6. The van der Waals surface area contributed by atoms with Crippen LogP contribution < -0.4 is 5.32 Å². The van der Waals surface area contributed by atoms with Crippen molar-refractivity contribution in [2.75, 3.05) is 0 Å². The summed E-state index contributed by atoms with van der Waals surface area (Å²) in [6.45, 7) is 14.7. The number of carbonyl (C=O) groups is 1. The van der Waals surface area contributed by atoms with Crippen molar-refractivity contribution in [1.29, 1.82) is 0 Å². The van der Waals surface area contributed by atoms with Crippen molar-refractivity contribution in [2.24, 2.45) is 5.41 Å². The van der Waals surface area contributed by atoms with Gasteiger partial charge in [0.25, 0.3) is 0 Å². The lowest BCUT2D eigenvalue weighted by atomic mass is 9.87. The van der Waals surface area contributed by atoms with Crippen LogP contribution in [-0.4, -0.2) is 18.4 Å². The Bertz CT molecular complexity index is 143. The van der Waals surface area contributed by atoms with E-state index in [0.717, 1.165) is 19.1 Å². The van der Waals surface area contributed by atoms with E-state index < -0.39 is 0 Å². The minimum Gasteiger partial charge on any atom is -0.312 e. The second-order valence-electron chi connectivity index (χ2n) is 4.96. The molecule has 0 aromatic heterocycles. The van der Waals surface area contributed by atoms with E-state index in [0.29, 0.717) is 12.1 Å². The smallest absolute Gasteiger partial charge is 0.125 e.